The molecule has 2 heterocycles. The van der Waals surface area contributed by atoms with Gasteiger partial charge >= 0.3 is 0 Å². The van der Waals surface area contributed by atoms with E-state index < -0.39 is 5.79 Å². The van der Waals surface area contributed by atoms with E-state index in [1.54, 1.807) is 32.3 Å². The summed E-state index contributed by atoms with van der Waals surface area (Å²) in [5, 5.41) is 9.71. The van der Waals surface area contributed by atoms with Crippen LogP contribution in [0.2, 0.25) is 5.02 Å². The summed E-state index contributed by atoms with van der Waals surface area (Å²) < 4.78 is 11.0. The van der Waals surface area contributed by atoms with E-state index in [0.29, 0.717) is 22.1 Å². The van der Waals surface area contributed by atoms with Gasteiger partial charge in [-0.25, -0.2) is 0 Å². The second-order valence-corrected chi connectivity index (χ2v) is 4.28. The first-order valence-corrected chi connectivity index (χ1v) is 5.23. The number of aliphatic hydroxyl groups is 1. The predicted octanol–water partition coefficient (Wildman–Crippen LogP) is 2.18. The number of hydrogen-bond donors (Lipinski definition) is 1. The minimum atomic E-state index is -0.785. The SMILES string of the molecule is CC1(C)OC(CO)=C(c2cnccc2Cl)O1. The first-order valence-electron chi connectivity index (χ1n) is 4.85. The van der Waals surface area contributed by atoms with Crippen molar-refractivity contribution in [3.8, 4) is 0 Å². The van der Waals surface area contributed by atoms with Gasteiger partial charge in [0.15, 0.2) is 11.5 Å². The molecule has 0 radical (unpaired) electrons. The third-order valence-electron chi connectivity index (χ3n) is 2.13. The van der Waals surface area contributed by atoms with Gasteiger partial charge in [0, 0.05) is 26.2 Å². The van der Waals surface area contributed by atoms with E-state index in [9.17, 15) is 5.11 Å². The summed E-state index contributed by atoms with van der Waals surface area (Å²) >= 11 is 6.03. The largest absolute Gasteiger partial charge is 0.451 e. The van der Waals surface area contributed by atoms with Crippen LogP contribution in [-0.2, 0) is 9.47 Å². The van der Waals surface area contributed by atoms with Crippen molar-refractivity contribution in [1.29, 1.82) is 0 Å². The zero-order chi connectivity index (χ0) is 11.8. The molecule has 16 heavy (non-hydrogen) atoms. The van der Waals surface area contributed by atoms with Crippen LogP contribution in [0.15, 0.2) is 24.2 Å². The van der Waals surface area contributed by atoms with Crippen LogP contribution < -0.4 is 0 Å². The highest BCUT2D eigenvalue weighted by Crippen LogP contribution is 2.38. The van der Waals surface area contributed by atoms with Crippen LogP contribution in [-0.4, -0.2) is 22.5 Å². The van der Waals surface area contributed by atoms with Crippen LogP contribution in [0.1, 0.15) is 19.4 Å². The summed E-state index contributed by atoms with van der Waals surface area (Å²) in [4.78, 5) is 3.97. The first-order chi connectivity index (χ1) is 7.53. The average molecular weight is 242 g/mol. The number of halogens is 1. The molecule has 1 aromatic heterocycles. The highest BCUT2D eigenvalue weighted by atomic mass is 35.5. The Morgan fingerprint density at radius 1 is 1.44 bits per heavy atom. The van der Waals surface area contributed by atoms with Crippen molar-refractivity contribution in [3.63, 3.8) is 0 Å². The van der Waals surface area contributed by atoms with E-state index in [2.05, 4.69) is 4.98 Å². The third-order valence-corrected chi connectivity index (χ3v) is 2.46. The Bertz CT molecular complexity index is 443. The Morgan fingerprint density at radius 3 is 2.81 bits per heavy atom. The van der Waals surface area contributed by atoms with E-state index >= 15 is 0 Å². The minimum absolute atomic E-state index is 0.232. The molecule has 1 aliphatic rings. The number of hydrogen-bond acceptors (Lipinski definition) is 4. The van der Waals surface area contributed by atoms with Crippen LogP contribution in [0, 0.1) is 0 Å². The maximum absolute atomic E-state index is 9.19. The second-order valence-electron chi connectivity index (χ2n) is 3.87. The molecule has 0 saturated carbocycles. The monoisotopic (exact) mass is 241 g/mol. The smallest absolute Gasteiger partial charge is 0.245 e. The highest BCUT2D eigenvalue weighted by molar-refractivity contribution is 6.32. The van der Waals surface area contributed by atoms with Gasteiger partial charge < -0.3 is 14.6 Å². The summed E-state index contributed by atoms with van der Waals surface area (Å²) in [6.07, 6.45) is 3.17. The van der Waals surface area contributed by atoms with Gasteiger partial charge in [0.2, 0.25) is 5.79 Å². The first kappa shape index (κ1) is 11.2. The Balaban J connectivity index is 2.44. The van der Waals surface area contributed by atoms with Crippen molar-refractivity contribution in [1.82, 2.24) is 4.98 Å². The van der Waals surface area contributed by atoms with Crippen LogP contribution in [0.3, 0.4) is 0 Å². The highest BCUT2D eigenvalue weighted by Gasteiger charge is 2.35. The quantitative estimate of drug-likeness (QED) is 0.862. The molecule has 0 fully saturated rings. The van der Waals surface area contributed by atoms with Gasteiger partial charge in [-0.1, -0.05) is 11.6 Å². The number of aliphatic hydroxyl groups excluding tert-OH is 1. The van der Waals surface area contributed by atoms with Gasteiger partial charge in [0.1, 0.15) is 6.61 Å². The maximum atomic E-state index is 9.19. The molecule has 0 unspecified atom stereocenters. The molecule has 4 nitrogen and oxygen atoms in total. The molecular weight excluding hydrogens is 230 g/mol. The molecule has 1 N–H and O–H groups in total. The molecule has 86 valence electrons. The zero-order valence-corrected chi connectivity index (χ0v) is 9.78. The minimum Gasteiger partial charge on any atom is -0.451 e. The summed E-state index contributed by atoms with van der Waals surface area (Å²) in [6, 6.07) is 1.66. The van der Waals surface area contributed by atoms with E-state index in [0.717, 1.165) is 0 Å². The van der Waals surface area contributed by atoms with Gasteiger partial charge in [-0.3, -0.25) is 4.98 Å². The van der Waals surface area contributed by atoms with Crippen molar-refractivity contribution >= 4 is 17.4 Å². The second kappa shape index (κ2) is 3.96. The van der Waals surface area contributed by atoms with Crippen molar-refractivity contribution < 1.29 is 14.6 Å². The molecule has 0 aliphatic carbocycles. The van der Waals surface area contributed by atoms with Crippen molar-refractivity contribution in [3.05, 3.63) is 34.8 Å². The molecule has 1 aromatic rings. The summed E-state index contributed by atoms with van der Waals surface area (Å²) in [5.41, 5.74) is 0.624. The van der Waals surface area contributed by atoms with Crippen LogP contribution in [0.25, 0.3) is 5.76 Å². The lowest BCUT2D eigenvalue weighted by Gasteiger charge is -2.18. The lowest BCUT2D eigenvalue weighted by atomic mass is 10.2. The fourth-order valence-corrected chi connectivity index (χ4v) is 1.71. The fourth-order valence-electron chi connectivity index (χ4n) is 1.52. The Kier molecular flexibility index (Phi) is 2.78. The van der Waals surface area contributed by atoms with E-state index in [-0.39, 0.29) is 6.61 Å². The molecule has 0 amide bonds. The van der Waals surface area contributed by atoms with Crippen molar-refractivity contribution in [2.24, 2.45) is 0 Å². The molecule has 0 atom stereocenters. The van der Waals surface area contributed by atoms with Gasteiger partial charge in [-0.15, -0.1) is 0 Å². The number of nitrogens with zero attached hydrogens (tertiary/aromatic N) is 1. The van der Waals surface area contributed by atoms with Crippen LogP contribution >= 0.6 is 11.6 Å². The predicted molar refractivity (Wildman–Crippen MR) is 59.5 cm³/mol. The molecule has 2 rings (SSSR count). The molecule has 5 heteroatoms. The normalized spacial score (nSPS) is 18.2. The Labute approximate surface area is 98.5 Å². The lowest BCUT2D eigenvalue weighted by molar-refractivity contribution is -0.114. The topological polar surface area (TPSA) is 51.6 Å². The number of ether oxygens (including phenoxy) is 2. The summed E-state index contributed by atoms with van der Waals surface area (Å²) in [7, 11) is 0. The zero-order valence-electron chi connectivity index (χ0n) is 9.03. The van der Waals surface area contributed by atoms with Crippen LogP contribution in [0.5, 0.6) is 0 Å². The number of pyridine rings is 1. The van der Waals surface area contributed by atoms with Gasteiger partial charge in [-0.05, 0) is 6.07 Å². The Morgan fingerprint density at radius 2 is 2.19 bits per heavy atom. The van der Waals surface area contributed by atoms with Crippen molar-refractivity contribution in [2.45, 2.75) is 19.6 Å². The van der Waals surface area contributed by atoms with Crippen LogP contribution in [0.4, 0.5) is 0 Å². The molecule has 0 saturated heterocycles. The number of aromatic nitrogens is 1. The molecule has 1 aliphatic heterocycles. The summed E-state index contributed by atoms with van der Waals surface area (Å²) in [5.74, 6) is 0.0394. The van der Waals surface area contributed by atoms with Crippen molar-refractivity contribution in [2.75, 3.05) is 6.61 Å². The van der Waals surface area contributed by atoms with E-state index in [1.807, 2.05) is 0 Å². The van der Waals surface area contributed by atoms with Gasteiger partial charge in [-0.2, -0.15) is 0 Å². The number of rotatable bonds is 2. The van der Waals surface area contributed by atoms with Gasteiger partial charge in [0.05, 0.1) is 10.6 Å². The maximum Gasteiger partial charge on any atom is 0.245 e. The molecule has 0 spiro atoms. The lowest BCUT2D eigenvalue weighted by Crippen LogP contribution is -2.21. The molecule has 0 aromatic carbocycles. The van der Waals surface area contributed by atoms with Gasteiger partial charge in [0.25, 0.3) is 0 Å². The van der Waals surface area contributed by atoms with E-state index in [1.165, 1.54) is 0 Å². The molecule has 0 bridgehead atoms. The molecular formula is C11H12ClNO3. The fraction of sp³-hybridized carbons (Fsp3) is 0.364. The third kappa shape index (κ3) is 1.99. The summed E-state index contributed by atoms with van der Waals surface area (Å²) in [6.45, 7) is 3.30. The Hall–Kier alpha value is -1.26. The standard InChI is InChI=1S/C11H12ClNO3/c1-11(2)15-9(6-14)10(16-11)7-5-13-4-3-8(7)12/h3-5,14H,6H2,1-2H3. The average Bonchev–Trinajstić information content (AvgIpc) is 2.54. The van der Waals surface area contributed by atoms with E-state index in [4.69, 9.17) is 21.1 Å².